The highest BCUT2D eigenvalue weighted by atomic mass is 32.1. The van der Waals surface area contributed by atoms with Gasteiger partial charge in [0.15, 0.2) is 0 Å². The summed E-state index contributed by atoms with van der Waals surface area (Å²) >= 11 is 1.40. The molecule has 2 aromatic rings. The van der Waals surface area contributed by atoms with Crippen LogP contribution in [-0.2, 0) is 13.0 Å². The summed E-state index contributed by atoms with van der Waals surface area (Å²) in [6, 6.07) is 4.65. The smallest absolute Gasteiger partial charge is 0.278 e. The van der Waals surface area contributed by atoms with Gasteiger partial charge in [-0.3, -0.25) is 0 Å². The van der Waals surface area contributed by atoms with Crippen LogP contribution >= 0.6 is 11.3 Å². The normalized spacial score (nSPS) is 10.5. The molecule has 0 aliphatic rings. The van der Waals surface area contributed by atoms with E-state index in [1.165, 1.54) is 17.4 Å². The van der Waals surface area contributed by atoms with E-state index in [4.69, 9.17) is 10.5 Å². The van der Waals surface area contributed by atoms with Crippen LogP contribution in [0, 0.1) is 5.82 Å². The zero-order chi connectivity index (χ0) is 12.3. The second-order valence-corrected chi connectivity index (χ2v) is 4.34. The van der Waals surface area contributed by atoms with Crippen molar-refractivity contribution in [1.29, 1.82) is 0 Å². The van der Waals surface area contributed by atoms with Gasteiger partial charge in [-0.25, -0.2) is 9.37 Å². The van der Waals surface area contributed by atoms with Gasteiger partial charge in [0.1, 0.15) is 11.6 Å². The Morgan fingerprint density at radius 3 is 2.88 bits per heavy atom. The molecule has 2 N–H and O–H groups in total. The predicted octanol–water partition coefficient (Wildman–Crippen LogP) is 3.10. The van der Waals surface area contributed by atoms with Crippen LogP contribution in [0.15, 0.2) is 23.6 Å². The first kappa shape index (κ1) is 12.0. The number of nitrogens with two attached hydrogens (primary N) is 1. The number of halogens is 1. The maximum absolute atomic E-state index is 13.4. The Balaban J connectivity index is 2.15. The van der Waals surface area contributed by atoms with E-state index >= 15 is 0 Å². The lowest BCUT2D eigenvalue weighted by Gasteiger charge is -2.04. The first-order valence-electron chi connectivity index (χ1n) is 5.33. The highest BCUT2D eigenvalue weighted by molar-refractivity contribution is 7.11. The van der Waals surface area contributed by atoms with Crippen LogP contribution < -0.4 is 10.5 Å². The number of thiazole rings is 1. The van der Waals surface area contributed by atoms with E-state index in [1.54, 1.807) is 12.1 Å². The molecule has 3 nitrogen and oxygen atoms in total. The van der Waals surface area contributed by atoms with E-state index in [0.717, 1.165) is 12.1 Å². The van der Waals surface area contributed by atoms with Crippen LogP contribution in [0.2, 0.25) is 0 Å². The van der Waals surface area contributed by atoms with E-state index in [0.29, 0.717) is 16.5 Å². The van der Waals surface area contributed by atoms with Crippen molar-refractivity contribution in [2.24, 2.45) is 5.73 Å². The van der Waals surface area contributed by atoms with Gasteiger partial charge in [-0.15, -0.1) is 0 Å². The van der Waals surface area contributed by atoms with Crippen LogP contribution in [0.3, 0.4) is 0 Å². The Morgan fingerprint density at radius 1 is 1.47 bits per heavy atom. The number of benzene rings is 1. The fraction of sp³-hybridized carbons (Fsp3) is 0.250. The molecule has 0 bridgehead atoms. The largest absolute Gasteiger partial charge is 0.431 e. The lowest BCUT2D eigenvalue weighted by atomic mass is 10.2. The van der Waals surface area contributed by atoms with E-state index in [-0.39, 0.29) is 12.4 Å². The highest BCUT2D eigenvalue weighted by Gasteiger charge is 2.06. The molecule has 0 saturated carbocycles. The number of aryl methyl sites for hydroxylation is 1. The molecule has 0 radical (unpaired) electrons. The summed E-state index contributed by atoms with van der Waals surface area (Å²) in [5.74, 6) is 0.0916. The summed E-state index contributed by atoms with van der Waals surface area (Å²) in [5, 5.41) is 2.46. The van der Waals surface area contributed by atoms with Crippen LogP contribution in [0.5, 0.6) is 10.9 Å². The average molecular weight is 252 g/mol. The van der Waals surface area contributed by atoms with Gasteiger partial charge in [0.2, 0.25) is 0 Å². The quantitative estimate of drug-likeness (QED) is 0.909. The number of ether oxygens (including phenoxy) is 1. The third-order valence-corrected chi connectivity index (χ3v) is 3.11. The van der Waals surface area contributed by atoms with Gasteiger partial charge in [0, 0.05) is 23.6 Å². The van der Waals surface area contributed by atoms with Gasteiger partial charge in [0.25, 0.3) is 5.19 Å². The van der Waals surface area contributed by atoms with Gasteiger partial charge < -0.3 is 10.5 Å². The Labute approximate surface area is 103 Å². The van der Waals surface area contributed by atoms with Crippen molar-refractivity contribution < 1.29 is 9.13 Å². The molecule has 5 heteroatoms. The minimum atomic E-state index is -0.350. The zero-order valence-corrected chi connectivity index (χ0v) is 10.3. The molecule has 0 atom stereocenters. The molecule has 0 amide bonds. The molecule has 1 aromatic carbocycles. The minimum Gasteiger partial charge on any atom is -0.431 e. The molecular formula is C12H13FN2OS. The highest BCUT2D eigenvalue weighted by Crippen LogP contribution is 2.26. The topological polar surface area (TPSA) is 48.1 Å². The first-order chi connectivity index (χ1) is 8.22. The summed E-state index contributed by atoms with van der Waals surface area (Å²) in [7, 11) is 0. The van der Waals surface area contributed by atoms with E-state index in [2.05, 4.69) is 4.98 Å². The van der Waals surface area contributed by atoms with Crippen molar-refractivity contribution in [3.05, 3.63) is 40.7 Å². The maximum atomic E-state index is 13.4. The predicted molar refractivity (Wildman–Crippen MR) is 65.9 cm³/mol. The van der Waals surface area contributed by atoms with E-state index in [1.807, 2.05) is 12.3 Å². The molecule has 0 aliphatic heterocycles. The minimum absolute atomic E-state index is 0.184. The number of aromatic nitrogens is 1. The molecule has 1 heterocycles. The van der Waals surface area contributed by atoms with Gasteiger partial charge in [0.05, 0.1) is 5.69 Å². The van der Waals surface area contributed by atoms with Gasteiger partial charge in [-0.1, -0.05) is 24.3 Å². The van der Waals surface area contributed by atoms with Gasteiger partial charge >= 0.3 is 0 Å². The molecule has 0 unspecified atom stereocenters. The van der Waals surface area contributed by atoms with E-state index < -0.39 is 0 Å². The zero-order valence-electron chi connectivity index (χ0n) is 9.44. The number of hydrogen-bond donors (Lipinski definition) is 1. The molecule has 90 valence electrons. The van der Waals surface area contributed by atoms with Gasteiger partial charge in [-0.2, -0.15) is 0 Å². The fourth-order valence-electron chi connectivity index (χ4n) is 1.36. The maximum Gasteiger partial charge on any atom is 0.278 e. The van der Waals surface area contributed by atoms with Crippen molar-refractivity contribution in [2.75, 3.05) is 0 Å². The summed E-state index contributed by atoms with van der Waals surface area (Å²) in [5.41, 5.74) is 6.84. The summed E-state index contributed by atoms with van der Waals surface area (Å²) < 4.78 is 18.9. The summed E-state index contributed by atoms with van der Waals surface area (Å²) in [6.45, 7) is 2.21. The third-order valence-electron chi connectivity index (χ3n) is 2.34. The van der Waals surface area contributed by atoms with Crippen molar-refractivity contribution in [1.82, 2.24) is 4.98 Å². The van der Waals surface area contributed by atoms with Gasteiger partial charge in [-0.05, 0) is 12.5 Å². The van der Waals surface area contributed by atoms with Crippen molar-refractivity contribution in [2.45, 2.75) is 19.9 Å². The molecule has 1 aromatic heterocycles. The van der Waals surface area contributed by atoms with Crippen LogP contribution in [-0.4, -0.2) is 4.98 Å². The van der Waals surface area contributed by atoms with E-state index in [9.17, 15) is 4.39 Å². The second kappa shape index (κ2) is 5.25. The Kier molecular flexibility index (Phi) is 3.71. The molecular weight excluding hydrogens is 239 g/mol. The Bertz CT molecular complexity index is 513. The standard InChI is InChI=1S/C12H13FN2OS/c1-2-9-7-17-12(15-9)16-10-4-3-8(6-14)11(13)5-10/h3-5,7H,2,6,14H2,1H3. The number of rotatable bonds is 4. The number of hydrogen-bond acceptors (Lipinski definition) is 4. The first-order valence-corrected chi connectivity index (χ1v) is 6.21. The lowest BCUT2D eigenvalue weighted by molar-refractivity contribution is 0.470. The monoisotopic (exact) mass is 252 g/mol. The van der Waals surface area contributed by atoms with Crippen LogP contribution in [0.25, 0.3) is 0 Å². The molecule has 0 saturated heterocycles. The molecule has 0 fully saturated rings. The summed E-state index contributed by atoms with van der Waals surface area (Å²) in [4.78, 5) is 4.25. The molecule has 17 heavy (non-hydrogen) atoms. The fourth-order valence-corrected chi connectivity index (χ4v) is 2.13. The van der Waals surface area contributed by atoms with Crippen LogP contribution in [0.1, 0.15) is 18.2 Å². The van der Waals surface area contributed by atoms with Crippen molar-refractivity contribution >= 4 is 11.3 Å². The Hall–Kier alpha value is -1.46. The third kappa shape index (κ3) is 2.81. The van der Waals surface area contributed by atoms with Crippen molar-refractivity contribution in [3.8, 4) is 10.9 Å². The Morgan fingerprint density at radius 2 is 2.29 bits per heavy atom. The average Bonchev–Trinajstić information content (AvgIpc) is 2.77. The SMILES string of the molecule is CCc1csc(Oc2ccc(CN)c(F)c2)n1. The second-order valence-electron chi connectivity index (χ2n) is 3.52. The summed E-state index contributed by atoms with van der Waals surface area (Å²) in [6.07, 6.45) is 0.861. The van der Waals surface area contributed by atoms with Crippen molar-refractivity contribution in [3.63, 3.8) is 0 Å². The molecule has 2 rings (SSSR count). The number of nitrogens with zero attached hydrogens (tertiary/aromatic N) is 1. The molecule has 0 spiro atoms. The van der Waals surface area contributed by atoms with Crippen LogP contribution in [0.4, 0.5) is 4.39 Å². The lowest BCUT2D eigenvalue weighted by Crippen LogP contribution is -1.99. The molecule has 0 aliphatic carbocycles.